The minimum atomic E-state index is -0.165. The molecule has 1 aromatic heterocycles. The van der Waals surface area contributed by atoms with Gasteiger partial charge in [0.05, 0.1) is 24.4 Å². The molecule has 2 aliphatic rings. The number of piperazine rings is 1. The van der Waals surface area contributed by atoms with Gasteiger partial charge in [0.2, 0.25) is 0 Å². The molecule has 150 valence electrons. The van der Waals surface area contributed by atoms with Crippen molar-refractivity contribution in [3.63, 3.8) is 0 Å². The summed E-state index contributed by atoms with van der Waals surface area (Å²) in [7, 11) is 1.72. The van der Waals surface area contributed by atoms with E-state index in [1.165, 1.54) is 0 Å². The maximum atomic E-state index is 12.7. The van der Waals surface area contributed by atoms with E-state index in [1.54, 1.807) is 7.11 Å². The average molecular weight is 391 g/mol. The molecule has 7 heteroatoms. The molecule has 0 amide bonds. The molecule has 3 aromatic rings. The standard InChI is InChI=1S/C22H25N5O2/c1-29-20-9-5-4-8-19(20)26-12-10-25(11-13-26)15-16-14-23-21-17-6-2-3-7-18(17)24-22(28)27(16)21/h2-9,16,23H,10-15H2,1H3. The number of ether oxygens (including phenoxy) is 1. The van der Waals surface area contributed by atoms with E-state index in [-0.39, 0.29) is 11.7 Å². The summed E-state index contributed by atoms with van der Waals surface area (Å²) in [6, 6.07) is 16.1. The summed E-state index contributed by atoms with van der Waals surface area (Å²) in [4.78, 5) is 21.8. The number of hydrogen-bond acceptors (Lipinski definition) is 6. The maximum absolute atomic E-state index is 12.7. The Morgan fingerprint density at radius 1 is 1.07 bits per heavy atom. The molecule has 29 heavy (non-hydrogen) atoms. The van der Waals surface area contributed by atoms with E-state index in [9.17, 15) is 4.79 Å². The normalized spacial score (nSPS) is 19.2. The summed E-state index contributed by atoms with van der Waals surface area (Å²) in [6.45, 7) is 5.41. The van der Waals surface area contributed by atoms with E-state index in [2.05, 4.69) is 32.2 Å². The first-order valence-electron chi connectivity index (χ1n) is 10.1. The van der Waals surface area contributed by atoms with E-state index in [0.717, 1.165) is 67.4 Å². The lowest BCUT2D eigenvalue weighted by atomic mass is 10.2. The Hall–Kier alpha value is -3.06. The van der Waals surface area contributed by atoms with Gasteiger partial charge in [0, 0.05) is 44.7 Å². The number of nitrogens with one attached hydrogen (secondary N) is 1. The number of benzene rings is 2. The number of nitrogens with zero attached hydrogens (tertiary/aromatic N) is 4. The lowest BCUT2D eigenvalue weighted by molar-refractivity contribution is 0.226. The number of fused-ring (bicyclic) bond motifs is 3. The molecule has 0 saturated carbocycles. The number of para-hydroxylation sites is 3. The number of aromatic nitrogens is 2. The van der Waals surface area contributed by atoms with Crippen LogP contribution in [0, 0.1) is 0 Å². The van der Waals surface area contributed by atoms with Crippen LogP contribution in [0.25, 0.3) is 10.9 Å². The Bertz CT molecular complexity index is 1090. The minimum Gasteiger partial charge on any atom is -0.495 e. The van der Waals surface area contributed by atoms with Gasteiger partial charge in [-0.3, -0.25) is 9.47 Å². The average Bonchev–Trinajstić information content (AvgIpc) is 3.19. The van der Waals surface area contributed by atoms with Crippen molar-refractivity contribution in [2.75, 3.05) is 56.6 Å². The first kappa shape index (κ1) is 18.0. The molecular formula is C22H25N5O2. The monoisotopic (exact) mass is 391 g/mol. The molecule has 1 fully saturated rings. The highest BCUT2D eigenvalue weighted by Crippen LogP contribution is 2.30. The molecule has 1 unspecified atom stereocenters. The topological polar surface area (TPSA) is 62.6 Å². The fraction of sp³-hybridized carbons (Fsp3) is 0.364. The Labute approximate surface area is 169 Å². The largest absolute Gasteiger partial charge is 0.495 e. The Morgan fingerprint density at radius 3 is 2.66 bits per heavy atom. The summed E-state index contributed by atoms with van der Waals surface area (Å²) in [5, 5.41) is 4.45. The van der Waals surface area contributed by atoms with E-state index in [4.69, 9.17) is 4.74 Å². The summed E-state index contributed by atoms with van der Waals surface area (Å²) in [5.41, 5.74) is 1.73. The summed E-state index contributed by atoms with van der Waals surface area (Å²) < 4.78 is 7.35. The van der Waals surface area contributed by atoms with Crippen LogP contribution in [0.15, 0.2) is 53.3 Å². The molecule has 0 radical (unpaired) electrons. The Balaban J connectivity index is 1.30. The lowest BCUT2D eigenvalue weighted by Gasteiger charge is -2.37. The van der Waals surface area contributed by atoms with Crippen molar-refractivity contribution in [1.82, 2.24) is 14.5 Å². The van der Waals surface area contributed by atoms with Crippen molar-refractivity contribution in [2.24, 2.45) is 0 Å². The highest BCUT2D eigenvalue weighted by Gasteiger charge is 2.29. The molecular weight excluding hydrogens is 366 g/mol. The first-order valence-corrected chi connectivity index (χ1v) is 10.1. The van der Waals surface area contributed by atoms with Gasteiger partial charge in [-0.05, 0) is 24.3 Å². The zero-order chi connectivity index (χ0) is 19.8. The second-order valence-electron chi connectivity index (χ2n) is 7.62. The summed E-state index contributed by atoms with van der Waals surface area (Å²) in [5.74, 6) is 1.82. The van der Waals surface area contributed by atoms with Crippen molar-refractivity contribution >= 4 is 22.4 Å². The van der Waals surface area contributed by atoms with Gasteiger partial charge >= 0.3 is 5.69 Å². The molecule has 0 aliphatic carbocycles. The predicted octanol–water partition coefficient (Wildman–Crippen LogP) is 2.19. The molecule has 5 rings (SSSR count). The van der Waals surface area contributed by atoms with Crippen LogP contribution in [-0.2, 0) is 0 Å². The lowest BCUT2D eigenvalue weighted by Crippen LogP contribution is -2.48. The molecule has 1 saturated heterocycles. The van der Waals surface area contributed by atoms with Crippen LogP contribution in [0.5, 0.6) is 5.75 Å². The van der Waals surface area contributed by atoms with Crippen molar-refractivity contribution in [1.29, 1.82) is 0 Å². The van der Waals surface area contributed by atoms with Gasteiger partial charge in [-0.15, -0.1) is 0 Å². The van der Waals surface area contributed by atoms with Crippen molar-refractivity contribution in [2.45, 2.75) is 6.04 Å². The minimum absolute atomic E-state index is 0.104. The summed E-state index contributed by atoms with van der Waals surface area (Å²) >= 11 is 0. The molecule has 1 N–H and O–H groups in total. The number of rotatable bonds is 4. The quantitative estimate of drug-likeness (QED) is 0.736. The molecule has 3 heterocycles. The number of methoxy groups -OCH3 is 1. The van der Waals surface area contributed by atoms with Gasteiger partial charge in [0.1, 0.15) is 11.6 Å². The van der Waals surface area contributed by atoms with Crippen molar-refractivity contribution in [3.8, 4) is 5.75 Å². The van der Waals surface area contributed by atoms with Crippen LogP contribution in [0.2, 0.25) is 0 Å². The number of anilines is 2. The van der Waals surface area contributed by atoms with Gasteiger partial charge in [-0.25, -0.2) is 4.79 Å². The van der Waals surface area contributed by atoms with Crippen LogP contribution in [-0.4, -0.2) is 60.8 Å². The zero-order valence-electron chi connectivity index (χ0n) is 16.5. The van der Waals surface area contributed by atoms with E-state index < -0.39 is 0 Å². The van der Waals surface area contributed by atoms with Gasteiger partial charge < -0.3 is 15.0 Å². The van der Waals surface area contributed by atoms with Crippen LogP contribution >= 0.6 is 0 Å². The van der Waals surface area contributed by atoms with E-state index in [0.29, 0.717) is 0 Å². The van der Waals surface area contributed by atoms with Gasteiger partial charge in [0.15, 0.2) is 0 Å². The maximum Gasteiger partial charge on any atom is 0.350 e. The van der Waals surface area contributed by atoms with Crippen LogP contribution in [0.3, 0.4) is 0 Å². The first-order chi connectivity index (χ1) is 14.2. The van der Waals surface area contributed by atoms with Gasteiger partial charge in [-0.2, -0.15) is 4.98 Å². The Morgan fingerprint density at radius 2 is 1.83 bits per heavy atom. The molecule has 0 bridgehead atoms. The van der Waals surface area contributed by atoms with Crippen LogP contribution in [0.4, 0.5) is 11.5 Å². The molecule has 2 aliphatic heterocycles. The second kappa shape index (κ2) is 7.40. The zero-order valence-corrected chi connectivity index (χ0v) is 16.5. The molecule has 7 nitrogen and oxygen atoms in total. The Kier molecular flexibility index (Phi) is 4.60. The SMILES string of the molecule is COc1ccccc1N1CCN(CC2CNc3c4ccccc4nc(=O)n32)CC1. The molecule has 1 atom stereocenters. The van der Waals surface area contributed by atoms with E-state index >= 15 is 0 Å². The highest BCUT2D eigenvalue weighted by molar-refractivity contribution is 5.89. The van der Waals surface area contributed by atoms with E-state index in [1.807, 2.05) is 41.0 Å². The van der Waals surface area contributed by atoms with Gasteiger partial charge in [-0.1, -0.05) is 24.3 Å². The third-order valence-corrected chi connectivity index (χ3v) is 5.96. The fourth-order valence-corrected chi connectivity index (χ4v) is 4.49. The highest BCUT2D eigenvalue weighted by atomic mass is 16.5. The second-order valence-corrected chi connectivity index (χ2v) is 7.62. The third kappa shape index (κ3) is 3.21. The van der Waals surface area contributed by atoms with Crippen molar-refractivity contribution in [3.05, 3.63) is 59.0 Å². The van der Waals surface area contributed by atoms with Crippen LogP contribution < -0.4 is 20.6 Å². The predicted molar refractivity (Wildman–Crippen MR) is 115 cm³/mol. The molecule has 0 spiro atoms. The van der Waals surface area contributed by atoms with Crippen molar-refractivity contribution < 1.29 is 4.74 Å². The van der Waals surface area contributed by atoms with Gasteiger partial charge in [0.25, 0.3) is 0 Å². The number of hydrogen-bond donors (Lipinski definition) is 1. The molecule has 2 aromatic carbocycles. The summed E-state index contributed by atoms with van der Waals surface area (Å²) in [6.07, 6.45) is 0. The van der Waals surface area contributed by atoms with Crippen LogP contribution in [0.1, 0.15) is 6.04 Å². The third-order valence-electron chi connectivity index (χ3n) is 5.96. The smallest absolute Gasteiger partial charge is 0.350 e. The fourth-order valence-electron chi connectivity index (χ4n) is 4.49.